The van der Waals surface area contributed by atoms with E-state index in [-0.39, 0.29) is 49.0 Å². The van der Waals surface area contributed by atoms with Crippen LogP contribution in [-0.4, -0.2) is 89.7 Å². The fourth-order valence-electron chi connectivity index (χ4n) is 6.18. The molecule has 2 aromatic carbocycles. The molecule has 1 atom stereocenters. The van der Waals surface area contributed by atoms with Crippen molar-refractivity contribution in [1.29, 1.82) is 0 Å². The van der Waals surface area contributed by atoms with Gasteiger partial charge in [-0.1, -0.05) is 35.3 Å². The van der Waals surface area contributed by atoms with Crippen LogP contribution in [0.15, 0.2) is 36.4 Å². The number of carbonyl (C=O) groups excluding carboxylic acids is 2. The average molecular weight is 613 g/mol. The molecule has 5 rings (SSSR count). The number of carbonyl (C=O) groups is 2. The molecule has 1 N–H and O–H groups in total. The van der Waals surface area contributed by atoms with Gasteiger partial charge < -0.3 is 14.9 Å². The Balaban J connectivity index is 0.00000370. The van der Waals surface area contributed by atoms with E-state index in [4.69, 9.17) is 23.2 Å². The van der Waals surface area contributed by atoms with E-state index in [1.807, 2.05) is 51.1 Å². The topological polar surface area (TPSA) is 64.1 Å². The van der Waals surface area contributed by atoms with E-state index in [2.05, 4.69) is 0 Å². The van der Waals surface area contributed by atoms with Gasteiger partial charge in [0.25, 0.3) is 5.91 Å². The third-order valence-electron chi connectivity index (χ3n) is 8.57. The van der Waals surface area contributed by atoms with Crippen molar-refractivity contribution < 1.29 is 19.1 Å². The number of halogens is 4. The zero-order valence-corrected chi connectivity index (χ0v) is 24.9. The molecular formula is C30H37Cl3FN3O3. The monoisotopic (exact) mass is 611 g/mol. The Kier molecular flexibility index (Phi) is 10.7. The van der Waals surface area contributed by atoms with Crippen molar-refractivity contribution in [2.24, 2.45) is 5.92 Å². The van der Waals surface area contributed by atoms with Crippen molar-refractivity contribution in [1.82, 2.24) is 14.7 Å². The number of benzene rings is 2. The lowest BCUT2D eigenvalue weighted by atomic mass is 9.92. The van der Waals surface area contributed by atoms with Crippen LogP contribution >= 0.6 is 35.6 Å². The minimum Gasteiger partial charge on any atom is -0.393 e. The van der Waals surface area contributed by atoms with Crippen LogP contribution in [0.25, 0.3) is 11.1 Å². The van der Waals surface area contributed by atoms with Gasteiger partial charge in [-0.25, -0.2) is 4.39 Å². The van der Waals surface area contributed by atoms with Gasteiger partial charge >= 0.3 is 0 Å². The Morgan fingerprint density at radius 3 is 2.12 bits per heavy atom. The minimum absolute atomic E-state index is 0. The highest BCUT2D eigenvalue weighted by Crippen LogP contribution is 2.36. The molecule has 2 saturated heterocycles. The number of hydrogen-bond acceptors (Lipinski definition) is 4. The third-order valence-corrected chi connectivity index (χ3v) is 9.25. The normalized spacial score (nSPS) is 23.8. The number of nitrogens with zero attached hydrogens (tertiary/aromatic N) is 3. The molecular weight excluding hydrogens is 576 g/mol. The fourth-order valence-corrected chi connectivity index (χ4v) is 6.82. The smallest absolute Gasteiger partial charge is 0.253 e. The van der Waals surface area contributed by atoms with E-state index >= 15 is 0 Å². The van der Waals surface area contributed by atoms with Crippen molar-refractivity contribution in [3.05, 3.63) is 57.6 Å². The number of alkyl halides is 1. The van der Waals surface area contributed by atoms with Gasteiger partial charge in [0.15, 0.2) is 0 Å². The summed E-state index contributed by atoms with van der Waals surface area (Å²) in [6.07, 6.45) is 4.28. The summed E-state index contributed by atoms with van der Waals surface area (Å²) >= 11 is 13.4. The van der Waals surface area contributed by atoms with E-state index in [1.165, 1.54) is 0 Å². The van der Waals surface area contributed by atoms with Gasteiger partial charge in [-0.05, 0) is 79.5 Å². The van der Waals surface area contributed by atoms with E-state index in [0.717, 1.165) is 55.3 Å². The summed E-state index contributed by atoms with van der Waals surface area (Å²) in [7, 11) is 0. The Morgan fingerprint density at radius 2 is 1.52 bits per heavy atom. The standard InChI is InChI=1S/C30H36Cl2FN3O3.ClH/c31-27-18-23(20-1-3-21(4-2-20)29(38)35-15-13-34(12-10-33)14-16-35)19-28(32)26(27)17-22-9-11-36(30(22)39)24-5-7-25(37)8-6-24;/h1-4,18-19,22,24-25,37H,5-17H2;1H/t22-,24-,25-;/m0./s1. The van der Waals surface area contributed by atoms with Crippen LogP contribution in [0, 0.1) is 5.92 Å². The molecule has 6 nitrogen and oxygen atoms in total. The molecule has 218 valence electrons. The first-order chi connectivity index (χ1) is 18.8. The summed E-state index contributed by atoms with van der Waals surface area (Å²) in [6, 6.07) is 11.4. The van der Waals surface area contributed by atoms with Crippen molar-refractivity contribution in [3.8, 4) is 11.1 Å². The summed E-state index contributed by atoms with van der Waals surface area (Å²) in [4.78, 5) is 32.0. The second kappa shape index (κ2) is 13.8. The summed E-state index contributed by atoms with van der Waals surface area (Å²) in [6.45, 7) is 3.36. The number of likely N-dealkylation sites (tertiary alicyclic amines) is 1. The maximum absolute atomic E-state index is 13.2. The maximum atomic E-state index is 13.2. The van der Waals surface area contributed by atoms with E-state index in [1.54, 1.807) is 0 Å². The largest absolute Gasteiger partial charge is 0.393 e. The number of amides is 2. The van der Waals surface area contributed by atoms with Gasteiger partial charge in [0.05, 0.1) is 6.10 Å². The van der Waals surface area contributed by atoms with Crippen LogP contribution in [-0.2, 0) is 11.2 Å². The van der Waals surface area contributed by atoms with Crippen molar-refractivity contribution in [3.63, 3.8) is 0 Å². The molecule has 10 heteroatoms. The molecule has 0 spiro atoms. The summed E-state index contributed by atoms with van der Waals surface area (Å²) < 4.78 is 12.6. The van der Waals surface area contributed by atoms with Gasteiger partial charge in [0.2, 0.25) is 5.91 Å². The molecule has 2 aromatic rings. The van der Waals surface area contributed by atoms with Gasteiger partial charge in [0.1, 0.15) is 6.67 Å². The predicted molar refractivity (Wildman–Crippen MR) is 159 cm³/mol. The third kappa shape index (κ3) is 6.93. The van der Waals surface area contributed by atoms with Gasteiger partial charge in [-0.15, -0.1) is 12.4 Å². The number of aliphatic hydroxyl groups is 1. The van der Waals surface area contributed by atoms with Crippen molar-refractivity contribution in [2.45, 2.75) is 50.7 Å². The number of piperazine rings is 1. The fraction of sp³-hybridized carbons (Fsp3) is 0.533. The zero-order chi connectivity index (χ0) is 27.5. The van der Waals surface area contributed by atoms with Crippen LogP contribution < -0.4 is 0 Å². The molecule has 40 heavy (non-hydrogen) atoms. The summed E-state index contributed by atoms with van der Waals surface area (Å²) in [5.74, 6) is 0.00561. The molecule has 2 aliphatic heterocycles. The molecule has 3 fully saturated rings. The quantitative estimate of drug-likeness (QED) is 0.448. The van der Waals surface area contributed by atoms with E-state index < -0.39 is 0 Å². The Bertz CT molecular complexity index is 1160. The van der Waals surface area contributed by atoms with Crippen LogP contribution in [0.4, 0.5) is 4.39 Å². The second-order valence-corrected chi connectivity index (χ2v) is 11.8. The highest BCUT2D eigenvalue weighted by atomic mass is 35.5. The first-order valence-electron chi connectivity index (χ1n) is 14.0. The highest BCUT2D eigenvalue weighted by molar-refractivity contribution is 6.36. The maximum Gasteiger partial charge on any atom is 0.253 e. The molecule has 1 aliphatic carbocycles. The molecule has 1 saturated carbocycles. The molecule has 0 unspecified atom stereocenters. The predicted octanol–water partition coefficient (Wildman–Crippen LogP) is 5.50. The molecule has 3 aliphatic rings. The Hall–Kier alpha value is -1.90. The lowest BCUT2D eigenvalue weighted by Crippen LogP contribution is -2.49. The van der Waals surface area contributed by atoms with Crippen molar-refractivity contribution in [2.75, 3.05) is 45.9 Å². The number of aliphatic hydroxyl groups excluding tert-OH is 1. The SMILES string of the molecule is Cl.O=C(c1ccc(-c2cc(Cl)c(C[C@@H]3CCN([C@H]4CC[C@H](O)CC4)C3=O)c(Cl)c2)cc1)N1CCN(CCF)CC1. The second-order valence-electron chi connectivity index (χ2n) is 11.0. The molecule has 2 heterocycles. The van der Waals surface area contributed by atoms with Crippen LogP contribution in [0.5, 0.6) is 0 Å². The van der Waals surface area contributed by atoms with Crippen LogP contribution in [0.3, 0.4) is 0 Å². The average Bonchev–Trinajstić information content (AvgIpc) is 3.31. The van der Waals surface area contributed by atoms with Gasteiger partial charge in [-0.3, -0.25) is 14.5 Å². The lowest BCUT2D eigenvalue weighted by molar-refractivity contribution is -0.133. The lowest BCUT2D eigenvalue weighted by Gasteiger charge is -2.34. The van der Waals surface area contributed by atoms with Crippen LogP contribution in [0.2, 0.25) is 10.0 Å². The van der Waals surface area contributed by atoms with Gasteiger partial charge in [0, 0.05) is 66.8 Å². The summed E-state index contributed by atoms with van der Waals surface area (Å²) in [5, 5.41) is 10.9. The van der Waals surface area contributed by atoms with Crippen LogP contribution in [0.1, 0.15) is 48.0 Å². The van der Waals surface area contributed by atoms with E-state index in [0.29, 0.717) is 54.8 Å². The molecule has 0 bridgehead atoms. The van der Waals surface area contributed by atoms with Crippen molar-refractivity contribution >= 4 is 47.4 Å². The van der Waals surface area contributed by atoms with E-state index in [9.17, 15) is 19.1 Å². The minimum atomic E-state index is -0.366. The van der Waals surface area contributed by atoms with Gasteiger partial charge in [-0.2, -0.15) is 0 Å². The first-order valence-corrected chi connectivity index (χ1v) is 14.7. The first kappa shape index (κ1) is 31.0. The Labute approximate surface area is 251 Å². The Morgan fingerprint density at radius 1 is 0.900 bits per heavy atom. The molecule has 2 amide bonds. The molecule has 0 radical (unpaired) electrons. The molecule has 0 aromatic heterocycles. The summed E-state index contributed by atoms with van der Waals surface area (Å²) in [5.41, 5.74) is 3.16. The zero-order valence-electron chi connectivity index (χ0n) is 22.5. The number of rotatable bonds is 7. The highest BCUT2D eigenvalue weighted by Gasteiger charge is 2.37. The number of hydrogen-bond donors (Lipinski definition) is 1.